The lowest BCUT2D eigenvalue weighted by molar-refractivity contribution is -0.145. The van der Waals surface area contributed by atoms with E-state index in [0.29, 0.717) is 22.1 Å². The number of rotatable bonds is 7. The second-order valence-corrected chi connectivity index (χ2v) is 6.03. The molecule has 0 spiro atoms. The molecule has 0 bridgehead atoms. The molecule has 0 aliphatic carbocycles. The molecular formula is C19H17ClN2O5. The fourth-order valence-electron chi connectivity index (χ4n) is 2.35. The number of halogens is 1. The standard InChI is InChI=1S/C19H17ClN2O5/c1-25-15-3-5-16(6-4-15)26-9-8-19(24)27-12-14-10-18(23)22-11-13(20)2-7-17(22)21-14/h2-7,10-11H,8-9,12H2,1H3. The first-order valence-corrected chi connectivity index (χ1v) is 8.53. The van der Waals surface area contributed by atoms with Crippen LogP contribution in [0.5, 0.6) is 11.5 Å². The monoisotopic (exact) mass is 388 g/mol. The molecule has 2 heterocycles. The molecule has 0 saturated heterocycles. The molecule has 0 N–H and O–H groups in total. The Morgan fingerprint density at radius 1 is 1.15 bits per heavy atom. The zero-order chi connectivity index (χ0) is 19.2. The Hall–Kier alpha value is -3.06. The summed E-state index contributed by atoms with van der Waals surface area (Å²) in [6.07, 6.45) is 1.56. The summed E-state index contributed by atoms with van der Waals surface area (Å²) in [5.74, 6) is 0.913. The van der Waals surface area contributed by atoms with Crippen LogP contribution in [0.25, 0.3) is 5.65 Å². The summed E-state index contributed by atoms with van der Waals surface area (Å²) < 4.78 is 17.0. The van der Waals surface area contributed by atoms with Gasteiger partial charge in [-0.25, -0.2) is 4.98 Å². The van der Waals surface area contributed by atoms with Crippen LogP contribution in [-0.2, 0) is 16.1 Å². The Kier molecular flexibility index (Phi) is 5.93. The lowest BCUT2D eigenvalue weighted by Crippen LogP contribution is -2.17. The van der Waals surface area contributed by atoms with Crippen molar-refractivity contribution in [1.29, 1.82) is 0 Å². The predicted octanol–water partition coefficient (Wildman–Crippen LogP) is 2.87. The van der Waals surface area contributed by atoms with E-state index in [1.807, 2.05) is 0 Å². The molecule has 1 aromatic carbocycles. The topological polar surface area (TPSA) is 79.1 Å². The minimum absolute atomic E-state index is 0.0776. The van der Waals surface area contributed by atoms with Gasteiger partial charge in [0.15, 0.2) is 0 Å². The molecule has 140 valence electrons. The number of esters is 1. The van der Waals surface area contributed by atoms with Gasteiger partial charge in [0.2, 0.25) is 0 Å². The second kappa shape index (κ2) is 8.55. The summed E-state index contributed by atoms with van der Waals surface area (Å²) in [6, 6.07) is 11.6. The number of carbonyl (C=O) groups excluding carboxylic acids is 1. The van der Waals surface area contributed by atoms with Crippen molar-refractivity contribution in [3.8, 4) is 11.5 Å². The number of hydrogen-bond acceptors (Lipinski definition) is 6. The number of pyridine rings is 1. The van der Waals surface area contributed by atoms with E-state index in [0.717, 1.165) is 5.75 Å². The minimum atomic E-state index is -0.443. The molecule has 0 fully saturated rings. The largest absolute Gasteiger partial charge is 0.497 e. The van der Waals surface area contributed by atoms with E-state index in [4.69, 9.17) is 25.8 Å². The SMILES string of the molecule is COc1ccc(OCCC(=O)OCc2cc(=O)n3cc(Cl)ccc3n2)cc1. The smallest absolute Gasteiger partial charge is 0.309 e. The van der Waals surface area contributed by atoms with Gasteiger partial charge in [0.1, 0.15) is 23.8 Å². The third kappa shape index (κ3) is 4.98. The quantitative estimate of drug-likeness (QED) is 0.579. The van der Waals surface area contributed by atoms with Gasteiger partial charge in [-0.3, -0.25) is 14.0 Å². The highest BCUT2D eigenvalue weighted by atomic mass is 35.5. The van der Waals surface area contributed by atoms with Crippen LogP contribution >= 0.6 is 11.6 Å². The maximum Gasteiger partial charge on any atom is 0.309 e. The van der Waals surface area contributed by atoms with Gasteiger partial charge < -0.3 is 14.2 Å². The molecular weight excluding hydrogens is 372 g/mol. The van der Waals surface area contributed by atoms with Crippen LogP contribution in [0, 0.1) is 0 Å². The number of hydrogen-bond donors (Lipinski definition) is 0. The van der Waals surface area contributed by atoms with Gasteiger partial charge >= 0.3 is 5.97 Å². The number of fused-ring (bicyclic) bond motifs is 1. The molecule has 3 aromatic rings. The van der Waals surface area contributed by atoms with Crippen molar-refractivity contribution in [2.24, 2.45) is 0 Å². The van der Waals surface area contributed by atoms with Gasteiger partial charge in [-0.2, -0.15) is 0 Å². The van der Waals surface area contributed by atoms with Gasteiger partial charge in [-0.05, 0) is 36.4 Å². The summed E-state index contributed by atoms with van der Waals surface area (Å²) in [5, 5.41) is 0.433. The summed E-state index contributed by atoms with van der Waals surface area (Å²) in [6.45, 7) is 0.0905. The number of ether oxygens (including phenoxy) is 3. The zero-order valence-electron chi connectivity index (χ0n) is 14.6. The van der Waals surface area contributed by atoms with Gasteiger partial charge in [0, 0.05) is 12.3 Å². The van der Waals surface area contributed by atoms with Crippen molar-refractivity contribution < 1.29 is 19.0 Å². The van der Waals surface area contributed by atoms with Crippen molar-refractivity contribution in [2.75, 3.05) is 13.7 Å². The molecule has 2 aromatic heterocycles. The Labute approximate surface area is 160 Å². The van der Waals surface area contributed by atoms with E-state index in [2.05, 4.69) is 4.98 Å². The summed E-state index contributed by atoms with van der Waals surface area (Å²) in [4.78, 5) is 28.2. The summed E-state index contributed by atoms with van der Waals surface area (Å²) >= 11 is 5.87. The van der Waals surface area contributed by atoms with Crippen molar-refractivity contribution >= 4 is 23.2 Å². The van der Waals surface area contributed by atoms with Crippen LogP contribution in [0.3, 0.4) is 0 Å². The lowest BCUT2D eigenvalue weighted by atomic mass is 10.3. The molecule has 0 radical (unpaired) electrons. The van der Waals surface area contributed by atoms with Crippen LogP contribution in [0.2, 0.25) is 5.02 Å². The molecule has 0 aliphatic heterocycles. The Morgan fingerprint density at radius 3 is 2.63 bits per heavy atom. The van der Waals surface area contributed by atoms with Gasteiger partial charge in [0.05, 0.1) is 30.9 Å². The van der Waals surface area contributed by atoms with Crippen LogP contribution in [0.15, 0.2) is 53.5 Å². The Morgan fingerprint density at radius 2 is 1.89 bits per heavy atom. The van der Waals surface area contributed by atoms with Crippen LogP contribution in [0.4, 0.5) is 0 Å². The van der Waals surface area contributed by atoms with Gasteiger partial charge in [-0.15, -0.1) is 0 Å². The average molecular weight is 389 g/mol. The van der Waals surface area contributed by atoms with Gasteiger partial charge in [0.25, 0.3) is 5.56 Å². The van der Waals surface area contributed by atoms with E-state index in [1.54, 1.807) is 43.5 Å². The molecule has 0 saturated carbocycles. The maximum atomic E-state index is 12.1. The van der Waals surface area contributed by atoms with Crippen LogP contribution < -0.4 is 15.0 Å². The molecule has 8 heteroatoms. The fraction of sp³-hybridized carbons (Fsp3) is 0.211. The zero-order valence-corrected chi connectivity index (χ0v) is 15.3. The second-order valence-electron chi connectivity index (χ2n) is 5.60. The molecule has 27 heavy (non-hydrogen) atoms. The third-order valence-corrected chi connectivity index (χ3v) is 3.92. The number of benzene rings is 1. The summed E-state index contributed by atoms with van der Waals surface area (Å²) in [5.41, 5.74) is 0.504. The number of aromatic nitrogens is 2. The molecule has 3 rings (SSSR count). The highest BCUT2D eigenvalue weighted by Gasteiger charge is 2.08. The van der Waals surface area contributed by atoms with E-state index in [1.165, 1.54) is 16.7 Å². The molecule has 0 unspecified atom stereocenters. The molecule has 0 aliphatic rings. The molecule has 0 atom stereocenters. The Balaban J connectivity index is 1.50. The first-order valence-electron chi connectivity index (χ1n) is 8.15. The van der Waals surface area contributed by atoms with Crippen molar-refractivity contribution in [1.82, 2.24) is 9.38 Å². The third-order valence-electron chi connectivity index (χ3n) is 3.69. The Bertz CT molecular complexity index is 1000. The first-order chi connectivity index (χ1) is 13.0. The van der Waals surface area contributed by atoms with Crippen molar-refractivity contribution in [3.63, 3.8) is 0 Å². The maximum absolute atomic E-state index is 12.1. The lowest BCUT2D eigenvalue weighted by Gasteiger charge is -2.08. The van der Waals surface area contributed by atoms with Crippen molar-refractivity contribution in [3.05, 3.63) is 69.7 Å². The molecule has 0 amide bonds. The normalized spacial score (nSPS) is 10.6. The van der Waals surface area contributed by atoms with Crippen LogP contribution in [0.1, 0.15) is 12.1 Å². The van der Waals surface area contributed by atoms with Gasteiger partial charge in [-0.1, -0.05) is 11.6 Å². The van der Waals surface area contributed by atoms with E-state index < -0.39 is 5.97 Å². The highest BCUT2D eigenvalue weighted by Crippen LogP contribution is 2.17. The number of carbonyl (C=O) groups is 1. The predicted molar refractivity (Wildman–Crippen MR) is 99.4 cm³/mol. The minimum Gasteiger partial charge on any atom is -0.497 e. The van der Waals surface area contributed by atoms with E-state index >= 15 is 0 Å². The highest BCUT2D eigenvalue weighted by molar-refractivity contribution is 6.30. The first kappa shape index (κ1) is 18.7. The van der Waals surface area contributed by atoms with E-state index in [9.17, 15) is 9.59 Å². The van der Waals surface area contributed by atoms with Crippen molar-refractivity contribution in [2.45, 2.75) is 13.0 Å². The fourth-order valence-corrected chi connectivity index (χ4v) is 2.51. The molecule has 7 nitrogen and oxygen atoms in total. The number of methoxy groups -OCH3 is 1. The average Bonchev–Trinajstić information content (AvgIpc) is 2.67. The summed E-state index contributed by atoms with van der Waals surface area (Å²) in [7, 11) is 1.58. The van der Waals surface area contributed by atoms with E-state index in [-0.39, 0.29) is 25.2 Å². The van der Waals surface area contributed by atoms with Crippen LogP contribution in [-0.4, -0.2) is 29.1 Å². The number of nitrogens with zero attached hydrogens (tertiary/aromatic N) is 2.